The van der Waals surface area contributed by atoms with E-state index < -0.39 is 5.56 Å². The Hall–Kier alpha value is -3.99. The van der Waals surface area contributed by atoms with Gasteiger partial charge >= 0.3 is 0 Å². The van der Waals surface area contributed by atoms with Crippen LogP contribution in [0.15, 0.2) is 59.5 Å². The Bertz CT molecular complexity index is 1240. The zero-order valence-electron chi connectivity index (χ0n) is 17.7. The molecule has 0 spiro atoms. The fraction of sp³-hybridized carbons (Fsp3) is 0.250. The van der Waals surface area contributed by atoms with E-state index >= 15 is 0 Å². The molecule has 32 heavy (non-hydrogen) atoms. The highest BCUT2D eigenvalue weighted by Crippen LogP contribution is 2.21. The topological polar surface area (TPSA) is 82.2 Å². The number of halogens is 1. The number of carbonyl (C=O) groups is 1. The van der Waals surface area contributed by atoms with Crippen LogP contribution in [0.1, 0.15) is 11.1 Å². The zero-order valence-corrected chi connectivity index (χ0v) is 17.7. The summed E-state index contributed by atoms with van der Waals surface area (Å²) in [7, 11) is 0. The van der Waals surface area contributed by atoms with E-state index in [1.807, 2.05) is 42.2 Å². The quantitative estimate of drug-likeness (QED) is 0.634. The molecule has 2 heterocycles. The van der Waals surface area contributed by atoms with Gasteiger partial charge in [0.25, 0.3) is 5.56 Å². The maximum atomic E-state index is 14.1. The third-order valence-electron chi connectivity index (χ3n) is 5.60. The molecular formula is C24H22FN5O2. The first-order chi connectivity index (χ1) is 15.5. The van der Waals surface area contributed by atoms with Crippen LogP contribution in [0.25, 0.3) is 11.4 Å². The van der Waals surface area contributed by atoms with Crippen molar-refractivity contribution in [1.82, 2.24) is 14.5 Å². The molecule has 1 aliphatic rings. The van der Waals surface area contributed by atoms with Gasteiger partial charge in [0.2, 0.25) is 5.91 Å². The number of aryl methyl sites for hydroxylation is 1. The summed E-state index contributed by atoms with van der Waals surface area (Å²) in [5.41, 5.74) is 1.60. The molecule has 0 saturated carbocycles. The lowest BCUT2D eigenvalue weighted by molar-refractivity contribution is -0.132. The first-order valence-electron chi connectivity index (χ1n) is 10.3. The summed E-state index contributed by atoms with van der Waals surface area (Å²) in [6, 6.07) is 15.9. The molecule has 8 heteroatoms. The van der Waals surface area contributed by atoms with Crippen LogP contribution in [0.3, 0.4) is 0 Å². The van der Waals surface area contributed by atoms with Gasteiger partial charge in [-0.2, -0.15) is 5.26 Å². The van der Waals surface area contributed by atoms with Crippen LogP contribution >= 0.6 is 0 Å². The Morgan fingerprint density at radius 1 is 1.09 bits per heavy atom. The number of nitrogens with zero attached hydrogens (tertiary/aromatic N) is 5. The summed E-state index contributed by atoms with van der Waals surface area (Å²) in [4.78, 5) is 33.7. The lowest BCUT2D eigenvalue weighted by atomic mass is 10.1. The van der Waals surface area contributed by atoms with Crippen molar-refractivity contribution in [3.63, 3.8) is 0 Å². The zero-order chi connectivity index (χ0) is 22.7. The van der Waals surface area contributed by atoms with Crippen molar-refractivity contribution in [2.45, 2.75) is 13.5 Å². The van der Waals surface area contributed by atoms with E-state index in [0.717, 1.165) is 5.56 Å². The molecule has 4 rings (SSSR count). The van der Waals surface area contributed by atoms with Crippen molar-refractivity contribution in [3.8, 4) is 17.5 Å². The predicted octanol–water partition coefficient (Wildman–Crippen LogP) is 2.58. The molecule has 162 valence electrons. The number of hydrogen-bond acceptors (Lipinski definition) is 5. The molecule has 0 unspecified atom stereocenters. The molecule has 0 bridgehead atoms. The van der Waals surface area contributed by atoms with E-state index in [0.29, 0.717) is 43.3 Å². The van der Waals surface area contributed by atoms with E-state index in [4.69, 9.17) is 0 Å². The molecule has 7 nitrogen and oxygen atoms in total. The highest BCUT2D eigenvalue weighted by molar-refractivity contribution is 5.77. The maximum absolute atomic E-state index is 14.1. The Morgan fingerprint density at radius 3 is 2.44 bits per heavy atom. The Balaban J connectivity index is 1.54. The molecule has 1 aromatic heterocycles. The van der Waals surface area contributed by atoms with Crippen molar-refractivity contribution < 1.29 is 9.18 Å². The summed E-state index contributed by atoms with van der Waals surface area (Å²) in [6.45, 7) is 3.53. The molecule has 2 aromatic carbocycles. The molecule has 1 saturated heterocycles. The fourth-order valence-electron chi connectivity index (χ4n) is 3.79. The first kappa shape index (κ1) is 21.2. The maximum Gasteiger partial charge on any atom is 0.272 e. The van der Waals surface area contributed by atoms with E-state index in [1.165, 1.54) is 16.8 Å². The van der Waals surface area contributed by atoms with Crippen molar-refractivity contribution in [2.75, 3.05) is 31.1 Å². The number of hydrogen-bond donors (Lipinski definition) is 0. The normalized spacial score (nSPS) is 13.7. The lowest BCUT2D eigenvalue weighted by Gasteiger charge is -2.36. The highest BCUT2D eigenvalue weighted by atomic mass is 19.1. The van der Waals surface area contributed by atoms with Crippen LogP contribution in [0.2, 0.25) is 0 Å². The van der Waals surface area contributed by atoms with E-state index in [9.17, 15) is 19.2 Å². The molecule has 1 aliphatic heterocycles. The third-order valence-corrected chi connectivity index (χ3v) is 5.60. The molecule has 0 N–H and O–H groups in total. The second kappa shape index (κ2) is 9.02. The number of amides is 1. The summed E-state index contributed by atoms with van der Waals surface area (Å²) in [6.07, 6.45) is 1.24. The predicted molar refractivity (Wildman–Crippen MR) is 119 cm³/mol. The Labute approximate surface area is 185 Å². The van der Waals surface area contributed by atoms with Crippen LogP contribution in [0.5, 0.6) is 0 Å². The number of para-hydroxylation sites is 1. The third kappa shape index (κ3) is 4.23. The van der Waals surface area contributed by atoms with E-state index in [2.05, 4.69) is 4.98 Å². The molecule has 0 aliphatic carbocycles. The van der Waals surface area contributed by atoms with Crippen LogP contribution in [-0.4, -0.2) is 46.5 Å². The van der Waals surface area contributed by atoms with Crippen molar-refractivity contribution in [1.29, 1.82) is 5.26 Å². The SMILES string of the molecule is Cc1ccc(-c2ncc(C#N)c(=O)n2CC(=O)N2CCN(c3ccccc3F)CC2)cc1. The molecule has 3 aromatic rings. The van der Waals surface area contributed by atoms with Crippen molar-refractivity contribution in [2.24, 2.45) is 0 Å². The van der Waals surface area contributed by atoms with Crippen molar-refractivity contribution in [3.05, 3.63) is 82.0 Å². The second-order valence-corrected chi connectivity index (χ2v) is 7.68. The summed E-state index contributed by atoms with van der Waals surface area (Å²) in [5, 5.41) is 9.25. The van der Waals surface area contributed by atoms with Gasteiger partial charge in [0.05, 0.1) is 11.9 Å². The second-order valence-electron chi connectivity index (χ2n) is 7.68. The summed E-state index contributed by atoms with van der Waals surface area (Å²) in [5.74, 6) is -0.196. The number of benzene rings is 2. The number of carbonyl (C=O) groups excluding carboxylic acids is 1. The minimum Gasteiger partial charge on any atom is -0.366 e. The smallest absolute Gasteiger partial charge is 0.272 e. The van der Waals surface area contributed by atoms with Crippen LogP contribution in [0, 0.1) is 24.1 Å². The number of piperazine rings is 1. The average molecular weight is 431 g/mol. The Kier molecular flexibility index (Phi) is 5.99. The molecule has 1 fully saturated rings. The minimum atomic E-state index is -0.545. The first-order valence-corrected chi connectivity index (χ1v) is 10.3. The molecular weight excluding hydrogens is 409 g/mol. The number of rotatable bonds is 4. The van der Waals surface area contributed by atoms with Gasteiger partial charge in [-0.1, -0.05) is 42.0 Å². The fourth-order valence-corrected chi connectivity index (χ4v) is 3.79. The van der Waals surface area contributed by atoms with E-state index in [1.54, 1.807) is 23.1 Å². The largest absolute Gasteiger partial charge is 0.366 e. The standard InChI is InChI=1S/C24H22FN5O2/c1-17-6-8-18(9-7-17)23-27-15-19(14-26)24(32)30(23)16-22(31)29-12-10-28(11-13-29)21-5-3-2-4-20(21)25/h2-9,15H,10-13,16H2,1H3. The number of nitriles is 1. The lowest BCUT2D eigenvalue weighted by Crippen LogP contribution is -2.50. The Morgan fingerprint density at radius 2 is 1.78 bits per heavy atom. The van der Waals surface area contributed by atoms with Gasteiger partial charge in [0.1, 0.15) is 29.8 Å². The van der Waals surface area contributed by atoms with Crippen LogP contribution < -0.4 is 10.5 Å². The van der Waals surface area contributed by atoms with Crippen molar-refractivity contribution >= 4 is 11.6 Å². The molecule has 0 radical (unpaired) electrons. The van der Waals surface area contributed by atoms with Gasteiger partial charge in [0, 0.05) is 31.7 Å². The number of anilines is 1. The highest BCUT2D eigenvalue weighted by Gasteiger charge is 2.24. The van der Waals surface area contributed by atoms with Crippen LogP contribution in [-0.2, 0) is 11.3 Å². The van der Waals surface area contributed by atoms with Gasteiger partial charge in [-0.15, -0.1) is 0 Å². The van der Waals surface area contributed by atoms with Gasteiger partial charge in [-0.3, -0.25) is 14.2 Å². The van der Waals surface area contributed by atoms with Gasteiger partial charge in [-0.05, 0) is 19.1 Å². The summed E-state index contributed by atoms with van der Waals surface area (Å²) >= 11 is 0. The summed E-state index contributed by atoms with van der Waals surface area (Å²) < 4.78 is 15.3. The average Bonchev–Trinajstić information content (AvgIpc) is 2.81. The number of aromatic nitrogens is 2. The van der Waals surface area contributed by atoms with E-state index in [-0.39, 0.29) is 23.8 Å². The monoisotopic (exact) mass is 431 g/mol. The van der Waals surface area contributed by atoms with Gasteiger partial charge in [-0.25, -0.2) is 9.37 Å². The molecule has 0 atom stereocenters. The molecule has 1 amide bonds. The van der Waals surface area contributed by atoms with Gasteiger partial charge in [0.15, 0.2) is 0 Å². The van der Waals surface area contributed by atoms with Crippen LogP contribution in [0.4, 0.5) is 10.1 Å². The van der Waals surface area contributed by atoms with Gasteiger partial charge < -0.3 is 9.80 Å². The minimum absolute atomic E-state index is 0.113.